The number of ether oxygens (including phenoxy) is 1. The Morgan fingerprint density at radius 1 is 1.33 bits per heavy atom. The van der Waals surface area contributed by atoms with E-state index in [1.165, 1.54) is 0 Å². The third kappa shape index (κ3) is 2.11. The van der Waals surface area contributed by atoms with E-state index in [4.69, 9.17) is 0 Å². The highest BCUT2D eigenvalue weighted by Crippen LogP contribution is 2.37. The molecule has 0 fully saturated rings. The van der Waals surface area contributed by atoms with Crippen LogP contribution in [0.4, 0.5) is 13.2 Å². The van der Waals surface area contributed by atoms with E-state index in [1.807, 2.05) is 0 Å². The topological polar surface area (TPSA) is 9.23 Å². The SMILES string of the molecule is COC(C)(P)C(F)(F)F. The summed E-state index contributed by atoms with van der Waals surface area (Å²) in [5.74, 6) is 0. The zero-order valence-corrected chi connectivity index (χ0v) is 6.27. The summed E-state index contributed by atoms with van der Waals surface area (Å²) in [6.45, 7) is 0.942. The molecule has 0 aliphatic rings. The van der Waals surface area contributed by atoms with Gasteiger partial charge in [0.1, 0.15) is 0 Å². The molecule has 0 aromatic carbocycles. The van der Waals surface area contributed by atoms with Gasteiger partial charge in [-0.1, -0.05) is 9.24 Å². The predicted molar refractivity (Wildman–Crippen MR) is 31.2 cm³/mol. The summed E-state index contributed by atoms with van der Waals surface area (Å²) < 4.78 is 39.2. The molecule has 0 heterocycles. The first kappa shape index (κ1) is 9.18. The highest BCUT2D eigenvalue weighted by molar-refractivity contribution is 7.18. The Morgan fingerprint density at radius 2 is 1.67 bits per heavy atom. The molecule has 2 unspecified atom stereocenters. The summed E-state index contributed by atoms with van der Waals surface area (Å²) >= 11 is 0. The first-order valence-electron chi connectivity index (χ1n) is 2.22. The van der Waals surface area contributed by atoms with E-state index in [9.17, 15) is 13.2 Å². The minimum Gasteiger partial charge on any atom is -0.365 e. The third-order valence-electron chi connectivity index (χ3n) is 0.987. The number of methoxy groups -OCH3 is 1. The van der Waals surface area contributed by atoms with E-state index in [0.717, 1.165) is 14.0 Å². The van der Waals surface area contributed by atoms with Gasteiger partial charge in [0.2, 0.25) is 0 Å². The summed E-state index contributed by atoms with van der Waals surface area (Å²) in [6.07, 6.45) is -4.31. The summed E-state index contributed by atoms with van der Waals surface area (Å²) in [4.78, 5) is 0. The van der Waals surface area contributed by atoms with E-state index in [1.54, 1.807) is 9.24 Å². The van der Waals surface area contributed by atoms with Crippen molar-refractivity contribution in [2.24, 2.45) is 0 Å². The van der Waals surface area contributed by atoms with Crippen molar-refractivity contribution in [1.82, 2.24) is 0 Å². The molecule has 0 saturated heterocycles. The molecule has 0 bridgehead atoms. The molecular weight excluding hydrogens is 152 g/mol. The van der Waals surface area contributed by atoms with Crippen LogP contribution in [0.15, 0.2) is 0 Å². The molecule has 0 aliphatic carbocycles. The monoisotopic (exact) mass is 160 g/mol. The van der Waals surface area contributed by atoms with Crippen LogP contribution in [0.5, 0.6) is 0 Å². The zero-order chi connectivity index (χ0) is 7.71. The van der Waals surface area contributed by atoms with Gasteiger partial charge in [-0.2, -0.15) is 13.2 Å². The maximum atomic E-state index is 11.7. The second-order valence-corrected chi connectivity index (χ2v) is 2.91. The van der Waals surface area contributed by atoms with Gasteiger partial charge >= 0.3 is 6.18 Å². The van der Waals surface area contributed by atoms with Gasteiger partial charge in [0.15, 0.2) is 5.34 Å². The molecule has 0 N–H and O–H groups in total. The summed E-state index contributed by atoms with van der Waals surface area (Å²) in [5.41, 5.74) is 0. The molecule has 5 heteroatoms. The molecule has 0 aromatic rings. The van der Waals surface area contributed by atoms with Crippen LogP contribution in [0.2, 0.25) is 0 Å². The quantitative estimate of drug-likeness (QED) is 0.531. The Kier molecular flexibility index (Phi) is 2.48. The molecule has 0 aliphatic heterocycles. The standard InChI is InChI=1S/C4H8F3OP/c1-3(9,8-2)4(5,6)7/h9H2,1-2H3. The van der Waals surface area contributed by atoms with Gasteiger partial charge in [-0.3, -0.25) is 0 Å². The van der Waals surface area contributed by atoms with Crippen LogP contribution in [0, 0.1) is 0 Å². The molecule has 2 atom stereocenters. The van der Waals surface area contributed by atoms with E-state index >= 15 is 0 Å². The van der Waals surface area contributed by atoms with Crippen LogP contribution >= 0.6 is 9.24 Å². The van der Waals surface area contributed by atoms with Crippen molar-refractivity contribution in [3.63, 3.8) is 0 Å². The van der Waals surface area contributed by atoms with Crippen molar-refractivity contribution in [2.45, 2.75) is 18.4 Å². The van der Waals surface area contributed by atoms with Crippen LogP contribution in [-0.4, -0.2) is 18.6 Å². The lowest BCUT2D eigenvalue weighted by molar-refractivity contribution is -0.223. The molecule has 9 heavy (non-hydrogen) atoms. The highest BCUT2D eigenvalue weighted by atomic mass is 31.0. The van der Waals surface area contributed by atoms with Crippen LogP contribution in [0.3, 0.4) is 0 Å². The Labute approximate surface area is 53.8 Å². The highest BCUT2D eigenvalue weighted by Gasteiger charge is 2.47. The van der Waals surface area contributed by atoms with Gasteiger partial charge in [0, 0.05) is 7.11 Å². The molecule has 0 radical (unpaired) electrons. The first-order chi connectivity index (χ1) is 3.81. The van der Waals surface area contributed by atoms with Gasteiger partial charge in [-0.05, 0) is 6.92 Å². The largest absolute Gasteiger partial charge is 0.420 e. The summed E-state index contributed by atoms with van der Waals surface area (Å²) in [6, 6.07) is 0. The smallest absolute Gasteiger partial charge is 0.365 e. The van der Waals surface area contributed by atoms with Gasteiger partial charge in [0.05, 0.1) is 0 Å². The Hall–Kier alpha value is 0.180. The number of alkyl halides is 3. The molecule has 0 aromatic heterocycles. The lowest BCUT2D eigenvalue weighted by atomic mass is 10.4. The van der Waals surface area contributed by atoms with E-state index in [-0.39, 0.29) is 0 Å². The van der Waals surface area contributed by atoms with Crippen molar-refractivity contribution < 1.29 is 17.9 Å². The summed E-state index contributed by atoms with van der Waals surface area (Å²) in [5, 5.41) is -2.10. The van der Waals surface area contributed by atoms with E-state index in [0.29, 0.717) is 0 Å². The second-order valence-electron chi connectivity index (χ2n) is 1.81. The fourth-order valence-corrected chi connectivity index (χ4v) is 0.116. The number of rotatable bonds is 1. The maximum Gasteiger partial charge on any atom is 0.420 e. The molecule has 56 valence electrons. The molecule has 0 rings (SSSR count). The van der Waals surface area contributed by atoms with Crippen molar-refractivity contribution in [1.29, 1.82) is 0 Å². The summed E-state index contributed by atoms with van der Waals surface area (Å²) in [7, 11) is 2.60. The van der Waals surface area contributed by atoms with E-state index in [2.05, 4.69) is 4.74 Å². The van der Waals surface area contributed by atoms with Crippen LogP contribution in [0.25, 0.3) is 0 Å². The second kappa shape index (κ2) is 2.43. The lowest BCUT2D eigenvalue weighted by Crippen LogP contribution is -2.37. The number of halogens is 3. The fraction of sp³-hybridized carbons (Fsp3) is 1.00. The molecule has 0 spiro atoms. The third-order valence-corrected chi connectivity index (χ3v) is 1.55. The van der Waals surface area contributed by atoms with E-state index < -0.39 is 11.5 Å². The molecule has 0 saturated carbocycles. The van der Waals surface area contributed by atoms with Crippen molar-refractivity contribution in [2.75, 3.05) is 7.11 Å². The van der Waals surface area contributed by atoms with Crippen LogP contribution in [0.1, 0.15) is 6.92 Å². The fourth-order valence-electron chi connectivity index (χ4n) is 0.116. The number of hydrogen-bond donors (Lipinski definition) is 0. The van der Waals surface area contributed by atoms with Crippen LogP contribution < -0.4 is 0 Å². The minimum atomic E-state index is -4.31. The average Bonchev–Trinajstić information content (AvgIpc) is 1.64. The van der Waals surface area contributed by atoms with Crippen molar-refractivity contribution >= 4 is 9.24 Å². The van der Waals surface area contributed by atoms with Gasteiger partial charge < -0.3 is 4.74 Å². The zero-order valence-electron chi connectivity index (χ0n) is 5.12. The van der Waals surface area contributed by atoms with Gasteiger partial charge in [0.25, 0.3) is 0 Å². The Morgan fingerprint density at radius 3 is 1.67 bits per heavy atom. The Balaban J connectivity index is 4.14. The molecular formula is C4H8F3OP. The lowest BCUT2D eigenvalue weighted by Gasteiger charge is -2.25. The average molecular weight is 160 g/mol. The predicted octanol–water partition coefficient (Wildman–Crippen LogP) is 1.79. The van der Waals surface area contributed by atoms with Crippen molar-refractivity contribution in [3.8, 4) is 0 Å². The number of hydrogen-bond acceptors (Lipinski definition) is 1. The van der Waals surface area contributed by atoms with Gasteiger partial charge in [-0.15, -0.1) is 0 Å². The molecule has 1 nitrogen and oxygen atoms in total. The van der Waals surface area contributed by atoms with Crippen molar-refractivity contribution in [3.05, 3.63) is 0 Å². The Bertz CT molecular complexity index is 98.5. The minimum absolute atomic E-state index is 0.942. The first-order valence-corrected chi connectivity index (χ1v) is 2.80. The normalized spacial score (nSPS) is 19.3. The van der Waals surface area contributed by atoms with Crippen LogP contribution in [-0.2, 0) is 4.74 Å². The molecule has 0 amide bonds. The van der Waals surface area contributed by atoms with Gasteiger partial charge in [-0.25, -0.2) is 0 Å². The maximum absolute atomic E-state index is 11.7.